The Kier molecular flexibility index (Phi) is 4.73. The van der Waals surface area contributed by atoms with Crippen LogP contribution < -0.4 is 10.1 Å². The van der Waals surface area contributed by atoms with Gasteiger partial charge in [-0.25, -0.2) is 0 Å². The molecule has 0 bridgehead atoms. The molecule has 0 fully saturated rings. The molecule has 2 aliphatic rings. The normalized spacial score (nSPS) is 23.0. The Hall–Kier alpha value is -1.72. The van der Waals surface area contributed by atoms with E-state index in [1.54, 1.807) is 0 Å². The summed E-state index contributed by atoms with van der Waals surface area (Å²) in [6, 6.07) is 2.94. The maximum absolute atomic E-state index is 12.8. The Morgan fingerprint density at radius 1 is 1.32 bits per heavy atom. The predicted molar refractivity (Wildman–Crippen MR) is 95.1 cm³/mol. The molecule has 2 N–H and O–H groups in total. The van der Waals surface area contributed by atoms with Crippen LogP contribution in [0.1, 0.15) is 49.0 Å². The van der Waals surface area contributed by atoms with Crippen LogP contribution in [0.2, 0.25) is 0 Å². The van der Waals surface area contributed by atoms with Gasteiger partial charge in [0.25, 0.3) is 11.6 Å². The average Bonchev–Trinajstić information content (AvgIpc) is 2.99. The zero-order chi connectivity index (χ0) is 18.4. The lowest BCUT2D eigenvalue weighted by Gasteiger charge is -2.22. The summed E-state index contributed by atoms with van der Waals surface area (Å²) in [5.41, 5.74) is -0.981. The first kappa shape index (κ1) is 18.1. The van der Waals surface area contributed by atoms with Gasteiger partial charge < -0.3 is 15.2 Å². The SMILES string of the molecule is CC[C@H](C)CCCc1c(O)ccc2c1O[C@]1(NC(=O)C(Cl)=C1Cl)C2=O. The number of halogens is 2. The highest BCUT2D eigenvalue weighted by Crippen LogP contribution is 2.47. The van der Waals surface area contributed by atoms with Gasteiger partial charge in [0, 0.05) is 5.56 Å². The van der Waals surface area contributed by atoms with Crippen LogP contribution in [0.3, 0.4) is 0 Å². The molecule has 5 nitrogen and oxygen atoms in total. The van der Waals surface area contributed by atoms with Crippen molar-refractivity contribution in [1.29, 1.82) is 0 Å². The van der Waals surface area contributed by atoms with E-state index in [-0.39, 0.29) is 27.1 Å². The molecule has 2 aliphatic heterocycles. The van der Waals surface area contributed by atoms with Gasteiger partial charge in [-0.05, 0) is 30.9 Å². The molecule has 2 atom stereocenters. The minimum Gasteiger partial charge on any atom is -0.508 e. The van der Waals surface area contributed by atoms with E-state index in [9.17, 15) is 14.7 Å². The zero-order valence-corrected chi connectivity index (χ0v) is 15.5. The third kappa shape index (κ3) is 2.79. The molecule has 0 saturated heterocycles. The molecule has 7 heteroatoms. The Morgan fingerprint density at radius 3 is 2.64 bits per heavy atom. The summed E-state index contributed by atoms with van der Waals surface area (Å²) in [5, 5.41) is 12.2. The van der Waals surface area contributed by atoms with E-state index in [2.05, 4.69) is 19.2 Å². The molecule has 2 heterocycles. The summed E-state index contributed by atoms with van der Waals surface area (Å²) < 4.78 is 5.80. The second-order valence-electron chi connectivity index (χ2n) is 6.54. The van der Waals surface area contributed by atoms with Crippen LogP contribution in [0.4, 0.5) is 0 Å². The molecule has 1 aromatic carbocycles. The molecular formula is C18H19Cl2NO4. The Labute approximate surface area is 155 Å². The van der Waals surface area contributed by atoms with Crippen molar-refractivity contribution in [3.63, 3.8) is 0 Å². The van der Waals surface area contributed by atoms with Crippen molar-refractivity contribution in [2.75, 3.05) is 0 Å². The summed E-state index contributed by atoms with van der Waals surface area (Å²) in [6.45, 7) is 4.31. The van der Waals surface area contributed by atoms with E-state index >= 15 is 0 Å². The Balaban J connectivity index is 1.93. The minimum atomic E-state index is -1.81. The van der Waals surface area contributed by atoms with Crippen LogP contribution in [-0.2, 0) is 11.2 Å². The third-order valence-corrected chi connectivity index (χ3v) is 5.78. The number of amides is 1. The lowest BCUT2D eigenvalue weighted by Crippen LogP contribution is -2.52. The highest BCUT2D eigenvalue weighted by atomic mass is 35.5. The number of aromatic hydroxyl groups is 1. The highest BCUT2D eigenvalue weighted by Gasteiger charge is 2.58. The fourth-order valence-electron chi connectivity index (χ4n) is 3.13. The number of phenols is 1. The van der Waals surface area contributed by atoms with E-state index in [4.69, 9.17) is 27.9 Å². The summed E-state index contributed by atoms with van der Waals surface area (Å²) in [4.78, 5) is 24.6. The van der Waals surface area contributed by atoms with Crippen LogP contribution in [0.5, 0.6) is 11.5 Å². The number of phenolic OH excluding ortho intramolecular Hbond substituents is 1. The molecule has 1 amide bonds. The van der Waals surface area contributed by atoms with Gasteiger partial charge in [0.2, 0.25) is 5.78 Å². The lowest BCUT2D eigenvalue weighted by molar-refractivity contribution is -0.118. The zero-order valence-electron chi connectivity index (χ0n) is 14.0. The van der Waals surface area contributed by atoms with Crippen molar-refractivity contribution in [2.45, 2.75) is 45.3 Å². The number of rotatable bonds is 5. The fraction of sp³-hybridized carbons (Fsp3) is 0.444. The molecule has 25 heavy (non-hydrogen) atoms. The number of ketones is 1. The molecular weight excluding hydrogens is 365 g/mol. The molecule has 0 aromatic heterocycles. The van der Waals surface area contributed by atoms with Gasteiger partial charge in [-0.1, -0.05) is 49.9 Å². The van der Waals surface area contributed by atoms with Gasteiger partial charge in [-0.15, -0.1) is 0 Å². The number of hydrogen-bond acceptors (Lipinski definition) is 4. The number of hydrogen-bond donors (Lipinski definition) is 2. The number of benzene rings is 1. The average molecular weight is 384 g/mol. The van der Waals surface area contributed by atoms with Crippen molar-refractivity contribution in [1.82, 2.24) is 5.32 Å². The van der Waals surface area contributed by atoms with Crippen molar-refractivity contribution in [2.24, 2.45) is 5.92 Å². The number of fused-ring (bicyclic) bond motifs is 1. The van der Waals surface area contributed by atoms with Gasteiger partial charge in [0.05, 0.1) is 5.56 Å². The first-order valence-electron chi connectivity index (χ1n) is 8.28. The van der Waals surface area contributed by atoms with Gasteiger partial charge >= 0.3 is 0 Å². The smallest absolute Gasteiger partial charge is 0.285 e. The predicted octanol–water partition coefficient (Wildman–Crippen LogP) is 3.85. The maximum Gasteiger partial charge on any atom is 0.285 e. The first-order valence-corrected chi connectivity index (χ1v) is 9.04. The van der Waals surface area contributed by atoms with Crippen molar-refractivity contribution in [3.05, 3.63) is 33.3 Å². The standard InChI is InChI=1S/C18H19Cl2NO4/c1-3-9(2)5-4-6-10-12(22)8-7-11-14(10)25-18(16(11)23)15(20)13(19)17(24)21-18/h7-9,22H,3-6H2,1-2H3,(H,21,24)/t9-,18-/m0/s1. The highest BCUT2D eigenvalue weighted by molar-refractivity contribution is 6.51. The number of carbonyl (C=O) groups is 2. The lowest BCUT2D eigenvalue weighted by atomic mass is 9.96. The molecule has 0 unspecified atom stereocenters. The molecule has 134 valence electrons. The van der Waals surface area contributed by atoms with Gasteiger partial charge in [0.15, 0.2) is 0 Å². The third-order valence-electron chi connectivity index (χ3n) is 4.87. The van der Waals surface area contributed by atoms with E-state index < -0.39 is 17.4 Å². The number of Topliss-reactive ketones (excluding diaryl/α,β-unsaturated/α-hetero) is 1. The topological polar surface area (TPSA) is 75.6 Å². The summed E-state index contributed by atoms with van der Waals surface area (Å²) >= 11 is 12.0. The van der Waals surface area contributed by atoms with Crippen molar-refractivity contribution < 1.29 is 19.4 Å². The largest absolute Gasteiger partial charge is 0.508 e. The van der Waals surface area contributed by atoms with Gasteiger partial charge in [-0.3, -0.25) is 9.59 Å². The van der Waals surface area contributed by atoms with E-state index in [0.29, 0.717) is 17.9 Å². The van der Waals surface area contributed by atoms with Crippen molar-refractivity contribution in [3.8, 4) is 11.5 Å². The number of nitrogens with one attached hydrogen (secondary N) is 1. The van der Waals surface area contributed by atoms with Gasteiger partial charge in [-0.2, -0.15) is 0 Å². The first-order chi connectivity index (χ1) is 11.8. The number of carbonyl (C=O) groups excluding carboxylic acids is 2. The summed E-state index contributed by atoms with van der Waals surface area (Å²) in [6.07, 6.45) is 3.50. The second-order valence-corrected chi connectivity index (χ2v) is 7.30. The fourth-order valence-corrected chi connectivity index (χ4v) is 3.56. The van der Waals surface area contributed by atoms with Gasteiger partial charge in [0.1, 0.15) is 21.6 Å². The molecule has 3 rings (SSSR count). The van der Waals surface area contributed by atoms with Crippen LogP contribution in [0.25, 0.3) is 0 Å². The summed E-state index contributed by atoms with van der Waals surface area (Å²) in [7, 11) is 0. The van der Waals surface area contributed by atoms with Crippen LogP contribution in [0.15, 0.2) is 22.2 Å². The molecule has 1 spiro atoms. The maximum atomic E-state index is 12.8. The van der Waals surface area contributed by atoms with E-state index in [0.717, 1.165) is 19.3 Å². The monoisotopic (exact) mass is 383 g/mol. The Bertz CT molecular complexity index is 790. The molecule has 0 aliphatic carbocycles. The van der Waals surface area contributed by atoms with Crippen LogP contribution in [0, 0.1) is 5.92 Å². The Morgan fingerprint density at radius 2 is 2.04 bits per heavy atom. The van der Waals surface area contributed by atoms with Crippen molar-refractivity contribution >= 4 is 34.9 Å². The molecule has 0 radical (unpaired) electrons. The molecule has 1 aromatic rings. The van der Waals surface area contributed by atoms with E-state index in [1.807, 2.05) is 0 Å². The number of ether oxygens (including phenoxy) is 1. The summed E-state index contributed by atoms with van der Waals surface area (Å²) in [5.74, 6) is -0.240. The second kappa shape index (κ2) is 6.54. The van der Waals surface area contributed by atoms with Crippen LogP contribution in [-0.4, -0.2) is 22.5 Å². The minimum absolute atomic E-state index is 0.0586. The quantitative estimate of drug-likeness (QED) is 0.809. The van der Waals surface area contributed by atoms with E-state index in [1.165, 1.54) is 12.1 Å². The molecule has 0 saturated carbocycles. The van der Waals surface area contributed by atoms with Crippen LogP contribution >= 0.6 is 23.2 Å².